The molecule has 5 rings (SSSR count). The third kappa shape index (κ3) is 4.94. The number of amidine groups is 1. The van der Waals surface area contributed by atoms with Crippen LogP contribution in [0.15, 0.2) is 82.0 Å². The maximum atomic E-state index is 15.2. The van der Waals surface area contributed by atoms with Crippen LogP contribution in [0.5, 0.6) is 0 Å². The van der Waals surface area contributed by atoms with Crippen LogP contribution in [0, 0.1) is 5.82 Å². The van der Waals surface area contributed by atoms with Gasteiger partial charge in [0.25, 0.3) is 0 Å². The lowest BCUT2D eigenvalue weighted by molar-refractivity contribution is -0.141. The smallest absolute Gasteiger partial charge is 0.338 e. The molecule has 1 fully saturated rings. The molecule has 0 bridgehead atoms. The third-order valence-corrected chi connectivity index (χ3v) is 7.22. The van der Waals surface area contributed by atoms with Gasteiger partial charge in [0.05, 0.1) is 36.9 Å². The van der Waals surface area contributed by atoms with E-state index < -0.39 is 17.8 Å². The Morgan fingerprint density at radius 3 is 2.58 bits per heavy atom. The van der Waals surface area contributed by atoms with Gasteiger partial charge in [-0.25, -0.2) is 14.2 Å². The number of carbonyl (C=O) groups excluding carboxylic acids is 2. The molecule has 0 N–H and O–H groups in total. The predicted molar refractivity (Wildman–Crippen MR) is 135 cm³/mol. The molecule has 3 heterocycles. The van der Waals surface area contributed by atoms with Crippen LogP contribution in [-0.2, 0) is 25.7 Å². The first-order valence-electron chi connectivity index (χ1n) is 11.8. The van der Waals surface area contributed by atoms with Gasteiger partial charge in [-0.2, -0.15) is 0 Å². The summed E-state index contributed by atoms with van der Waals surface area (Å²) in [4.78, 5) is 34.7. The molecule has 1 atom stereocenters. The highest BCUT2D eigenvalue weighted by molar-refractivity contribution is 8.16. The lowest BCUT2D eigenvalue weighted by atomic mass is 9.93. The predicted octanol–water partition coefficient (Wildman–Crippen LogP) is 4.39. The Hall–Kier alpha value is -3.43. The van der Waals surface area contributed by atoms with E-state index in [2.05, 4.69) is 4.99 Å². The first-order chi connectivity index (χ1) is 17.5. The largest absolute Gasteiger partial charge is 0.457 e. The number of morpholine rings is 1. The summed E-state index contributed by atoms with van der Waals surface area (Å²) in [5, 5.41) is 2.46. The topological polar surface area (TPSA) is 71.4 Å². The summed E-state index contributed by atoms with van der Waals surface area (Å²) in [6.45, 7) is 3.90. The number of ether oxygens (including phenoxy) is 2. The number of nitrogens with zero attached hydrogens (tertiary/aromatic N) is 3. The van der Waals surface area contributed by atoms with Crippen LogP contribution in [0.25, 0.3) is 0 Å². The van der Waals surface area contributed by atoms with Crippen molar-refractivity contribution in [1.82, 2.24) is 9.80 Å². The highest BCUT2D eigenvalue weighted by Gasteiger charge is 2.42. The molecule has 36 heavy (non-hydrogen) atoms. The summed E-state index contributed by atoms with van der Waals surface area (Å²) in [6.07, 6.45) is 0.113. The number of amides is 1. The monoisotopic (exact) mass is 507 g/mol. The molecule has 2 aromatic carbocycles. The van der Waals surface area contributed by atoms with Crippen LogP contribution in [0.3, 0.4) is 0 Å². The van der Waals surface area contributed by atoms with E-state index in [0.29, 0.717) is 48.4 Å². The zero-order valence-electron chi connectivity index (χ0n) is 19.9. The molecule has 0 unspecified atom stereocenters. The maximum absolute atomic E-state index is 15.2. The highest BCUT2D eigenvalue weighted by Crippen LogP contribution is 2.45. The second-order valence-corrected chi connectivity index (χ2v) is 9.48. The fourth-order valence-electron chi connectivity index (χ4n) is 4.50. The second-order valence-electron chi connectivity index (χ2n) is 8.65. The van der Waals surface area contributed by atoms with E-state index in [4.69, 9.17) is 9.47 Å². The molecule has 0 spiro atoms. The number of rotatable bonds is 6. The first kappa shape index (κ1) is 24.3. The van der Waals surface area contributed by atoms with Crippen molar-refractivity contribution in [3.8, 4) is 0 Å². The molecule has 3 aliphatic heterocycles. The van der Waals surface area contributed by atoms with Crippen molar-refractivity contribution in [2.24, 2.45) is 4.99 Å². The van der Waals surface area contributed by atoms with Crippen molar-refractivity contribution in [2.75, 3.05) is 26.3 Å². The summed E-state index contributed by atoms with van der Waals surface area (Å²) in [7, 11) is 0. The molecule has 0 saturated carbocycles. The Bertz CT molecular complexity index is 1250. The number of esters is 1. The molecule has 186 valence electrons. The molecular weight excluding hydrogens is 481 g/mol. The van der Waals surface area contributed by atoms with Gasteiger partial charge >= 0.3 is 5.97 Å². The van der Waals surface area contributed by atoms with Gasteiger partial charge in [-0.15, -0.1) is 0 Å². The first-order valence-corrected chi connectivity index (χ1v) is 12.7. The minimum absolute atomic E-state index is 0.0434. The van der Waals surface area contributed by atoms with Crippen molar-refractivity contribution >= 4 is 28.8 Å². The van der Waals surface area contributed by atoms with Crippen molar-refractivity contribution < 1.29 is 23.5 Å². The van der Waals surface area contributed by atoms with Gasteiger partial charge in [-0.05, 0) is 24.0 Å². The van der Waals surface area contributed by atoms with Crippen LogP contribution in [0.4, 0.5) is 4.39 Å². The molecule has 3 aliphatic rings. The molecule has 0 radical (unpaired) electrons. The van der Waals surface area contributed by atoms with Crippen molar-refractivity contribution in [3.63, 3.8) is 0 Å². The van der Waals surface area contributed by atoms with E-state index in [1.54, 1.807) is 34.9 Å². The van der Waals surface area contributed by atoms with Gasteiger partial charge in [0.1, 0.15) is 12.4 Å². The SMILES string of the molecule is CC1=C(C(=O)OCc2ccccc2)[C@@H](c2ccccc2F)N2C(CC(=O)N3CCOCC3)=CSC2=N1. The lowest BCUT2D eigenvalue weighted by Crippen LogP contribution is -2.42. The molecule has 9 heteroatoms. The van der Waals surface area contributed by atoms with Crippen molar-refractivity contribution in [2.45, 2.75) is 26.0 Å². The minimum Gasteiger partial charge on any atom is -0.457 e. The van der Waals surface area contributed by atoms with E-state index in [0.717, 1.165) is 5.56 Å². The van der Waals surface area contributed by atoms with Gasteiger partial charge in [-0.3, -0.25) is 4.79 Å². The maximum Gasteiger partial charge on any atom is 0.338 e. The normalized spacial score (nSPS) is 19.6. The summed E-state index contributed by atoms with van der Waals surface area (Å²) in [6, 6.07) is 14.9. The molecule has 1 amide bonds. The number of carbonyl (C=O) groups is 2. The van der Waals surface area contributed by atoms with Gasteiger partial charge in [0, 0.05) is 24.4 Å². The van der Waals surface area contributed by atoms with Crippen LogP contribution < -0.4 is 0 Å². The van der Waals surface area contributed by atoms with Gasteiger partial charge < -0.3 is 19.3 Å². The van der Waals surface area contributed by atoms with Gasteiger partial charge in [0.2, 0.25) is 5.91 Å². The van der Waals surface area contributed by atoms with Crippen LogP contribution in [0.1, 0.15) is 30.5 Å². The Morgan fingerprint density at radius 2 is 1.83 bits per heavy atom. The Kier molecular flexibility index (Phi) is 7.20. The van der Waals surface area contributed by atoms with Crippen LogP contribution in [0.2, 0.25) is 0 Å². The van der Waals surface area contributed by atoms with E-state index in [9.17, 15) is 9.59 Å². The van der Waals surface area contributed by atoms with Crippen molar-refractivity contribution in [1.29, 1.82) is 0 Å². The van der Waals surface area contributed by atoms with Gasteiger partial charge in [-0.1, -0.05) is 60.3 Å². The molecular formula is C27H26FN3O4S. The minimum atomic E-state index is -0.805. The number of hydrogen-bond donors (Lipinski definition) is 0. The number of fused-ring (bicyclic) bond motifs is 1. The lowest BCUT2D eigenvalue weighted by Gasteiger charge is -2.37. The number of halogens is 1. The molecule has 0 aromatic heterocycles. The molecule has 0 aliphatic carbocycles. The number of hydrogen-bond acceptors (Lipinski definition) is 7. The highest BCUT2D eigenvalue weighted by atomic mass is 32.2. The number of benzene rings is 2. The Morgan fingerprint density at radius 1 is 1.11 bits per heavy atom. The molecule has 7 nitrogen and oxygen atoms in total. The summed E-state index contributed by atoms with van der Waals surface area (Å²) >= 11 is 1.36. The zero-order chi connectivity index (χ0) is 25.1. The summed E-state index contributed by atoms with van der Waals surface area (Å²) < 4.78 is 26.2. The van der Waals surface area contributed by atoms with E-state index in [1.165, 1.54) is 17.8 Å². The van der Waals surface area contributed by atoms with E-state index >= 15 is 4.39 Å². The van der Waals surface area contributed by atoms with Crippen LogP contribution >= 0.6 is 11.8 Å². The molecule has 1 saturated heterocycles. The Labute approximate surface area is 213 Å². The van der Waals surface area contributed by atoms with E-state index in [1.807, 2.05) is 35.7 Å². The summed E-state index contributed by atoms with van der Waals surface area (Å²) in [5.74, 6) is -1.05. The zero-order valence-corrected chi connectivity index (χ0v) is 20.7. The standard InChI is InChI=1S/C27H26FN3O4S/c1-18-24(26(33)35-16-19-7-3-2-4-8-19)25(21-9-5-6-10-22(21)28)31-20(17-36-27(31)29-18)15-23(32)30-11-13-34-14-12-30/h2-10,17,25H,11-16H2,1H3/t25-/m1/s1. The average Bonchev–Trinajstić information content (AvgIpc) is 3.29. The van der Waals surface area contributed by atoms with Crippen molar-refractivity contribution in [3.05, 3.63) is 93.9 Å². The number of aliphatic imine (C=N–C) groups is 1. The Balaban J connectivity index is 1.46. The van der Waals surface area contributed by atoms with Gasteiger partial charge in [0.15, 0.2) is 5.17 Å². The van der Waals surface area contributed by atoms with E-state index in [-0.39, 0.29) is 24.5 Å². The summed E-state index contributed by atoms with van der Waals surface area (Å²) in [5.41, 5.74) is 2.56. The number of thioether (sulfide) groups is 1. The average molecular weight is 508 g/mol. The quantitative estimate of drug-likeness (QED) is 0.540. The number of allylic oxidation sites excluding steroid dienone is 1. The molecule has 2 aromatic rings. The third-order valence-electron chi connectivity index (χ3n) is 6.33. The second kappa shape index (κ2) is 10.7. The fourth-order valence-corrected chi connectivity index (χ4v) is 5.47. The fraction of sp³-hybridized carbons (Fsp3) is 0.296. The van der Waals surface area contributed by atoms with Crippen LogP contribution in [-0.4, -0.2) is 53.1 Å².